The van der Waals surface area contributed by atoms with E-state index in [0.29, 0.717) is 11.1 Å². The zero-order chi connectivity index (χ0) is 39.7. The molecule has 2 aromatic heterocycles. The van der Waals surface area contributed by atoms with Gasteiger partial charge >= 0.3 is 35.5 Å². The molecule has 0 aromatic carbocycles. The van der Waals surface area contributed by atoms with Crippen LogP contribution in [-0.4, -0.2) is 109 Å². The van der Waals surface area contributed by atoms with Crippen LogP contribution in [0.1, 0.15) is 26.7 Å². The Morgan fingerprint density at radius 2 is 1.34 bits per heavy atom. The number of hydrogen-bond donors (Lipinski definition) is 1. The Morgan fingerprint density at radius 1 is 0.830 bits per heavy atom. The summed E-state index contributed by atoms with van der Waals surface area (Å²) in [7, 11) is 2.54. The minimum Gasteiger partial charge on any atom is -0.474 e. The molecule has 0 radical (unpaired) electrons. The molecular formula is C30H35BrN6O16. The lowest BCUT2D eigenvalue weighted by molar-refractivity contribution is -0.390. The van der Waals surface area contributed by atoms with Crippen molar-refractivity contribution in [3.05, 3.63) is 49.1 Å². The second-order valence-electron chi connectivity index (χ2n) is 10.3. The Morgan fingerprint density at radius 3 is 1.81 bits per heavy atom. The van der Waals surface area contributed by atoms with Gasteiger partial charge in [-0.15, -0.1) is 0 Å². The van der Waals surface area contributed by atoms with E-state index >= 15 is 0 Å². The second kappa shape index (κ2) is 21.4. The van der Waals surface area contributed by atoms with Gasteiger partial charge in [0.25, 0.3) is 5.82 Å². The number of rotatable bonds is 13. The van der Waals surface area contributed by atoms with Crippen LogP contribution >= 0.6 is 15.9 Å². The Hall–Kier alpha value is -6.00. The first-order chi connectivity index (χ1) is 25.1. The molecule has 2 fully saturated rings. The first-order valence-corrected chi connectivity index (χ1v) is 16.2. The maximum Gasteiger partial charge on any atom is 0.408 e. The van der Waals surface area contributed by atoms with Crippen molar-refractivity contribution < 1.29 is 67.0 Å². The molecule has 2 atom stereocenters. The number of amides is 2. The number of methoxy groups -OCH3 is 2. The number of carbonyl (C=O) groups excluding carboxylic acids is 6. The normalized spacial score (nSPS) is 15.7. The lowest BCUT2D eigenvalue weighted by Crippen LogP contribution is -2.27. The number of anilines is 1. The molecule has 22 nitrogen and oxygen atoms in total. The standard InChI is InChI=1S/C15H17N3O8.C9H9BrN2O5.C6H9NO3/c1-3-25-13(20)8-26-10-4-5-11(16-14(10)18(22)23)17-7-9(6-12(17)19)15(21)24-2;1-2-16-8(13)5-17-6-3-4-7(10)11-9(6)12(14)15;1-10-6(9)4-2-5(8)7-3-4/h4-5,9H,3,6-8H2,1-2H3;3-4H,2,5H2,1H3;4H,2-3H2,1H3,(H,7,8). The van der Waals surface area contributed by atoms with Crippen LogP contribution in [0, 0.1) is 32.1 Å². The lowest BCUT2D eigenvalue weighted by Gasteiger charge is -2.13. The summed E-state index contributed by atoms with van der Waals surface area (Å²) in [5.41, 5.74) is 0. The van der Waals surface area contributed by atoms with Gasteiger partial charge in [0.1, 0.15) is 0 Å². The van der Waals surface area contributed by atoms with Gasteiger partial charge in [0.15, 0.2) is 13.2 Å². The van der Waals surface area contributed by atoms with E-state index in [1.165, 1.54) is 43.4 Å². The summed E-state index contributed by atoms with van der Waals surface area (Å²) in [5, 5.41) is 24.4. The monoisotopic (exact) mass is 814 g/mol. The highest BCUT2D eigenvalue weighted by molar-refractivity contribution is 9.10. The minimum atomic E-state index is -0.789. The number of nitrogens with zero attached hydrogens (tertiary/aromatic N) is 5. The number of aromatic nitrogens is 2. The number of esters is 4. The summed E-state index contributed by atoms with van der Waals surface area (Å²) in [5.74, 6) is -4.92. The molecule has 2 unspecified atom stereocenters. The number of pyridine rings is 2. The highest BCUT2D eigenvalue weighted by Crippen LogP contribution is 2.31. The van der Waals surface area contributed by atoms with Crippen molar-refractivity contribution in [2.75, 3.05) is 58.6 Å². The van der Waals surface area contributed by atoms with Gasteiger partial charge < -0.3 is 54.0 Å². The van der Waals surface area contributed by atoms with Crippen LogP contribution < -0.4 is 19.7 Å². The molecule has 1 N–H and O–H groups in total. The summed E-state index contributed by atoms with van der Waals surface area (Å²) in [6, 6.07) is 5.41. The summed E-state index contributed by atoms with van der Waals surface area (Å²) in [6.45, 7) is 3.18. The van der Waals surface area contributed by atoms with E-state index in [0.717, 1.165) is 0 Å². The van der Waals surface area contributed by atoms with Gasteiger partial charge in [-0.05, 0) is 45.8 Å². The number of halogens is 1. The fraction of sp³-hybridized carbons (Fsp3) is 0.467. The third kappa shape index (κ3) is 13.6. The summed E-state index contributed by atoms with van der Waals surface area (Å²) in [4.78, 5) is 96.3. The van der Waals surface area contributed by atoms with E-state index in [1.54, 1.807) is 13.8 Å². The van der Waals surface area contributed by atoms with Gasteiger partial charge in [-0.1, -0.05) is 0 Å². The Kier molecular flexibility index (Phi) is 17.4. The average molecular weight is 816 g/mol. The van der Waals surface area contributed by atoms with Crippen LogP contribution in [0.3, 0.4) is 0 Å². The Bertz CT molecular complexity index is 1690. The predicted octanol–water partition coefficient (Wildman–Crippen LogP) is 1.45. The maximum atomic E-state index is 12.1. The van der Waals surface area contributed by atoms with Crippen molar-refractivity contribution in [3.8, 4) is 11.5 Å². The molecule has 0 saturated carbocycles. The third-order valence-corrected chi connectivity index (χ3v) is 7.17. The van der Waals surface area contributed by atoms with Crippen LogP contribution in [0.4, 0.5) is 17.5 Å². The number of carbonyl (C=O) groups is 6. The average Bonchev–Trinajstić information content (AvgIpc) is 3.75. The molecule has 23 heteroatoms. The van der Waals surface area contributed by atoms with Crippen molar-refractivity contribution in [1.29, 1.82) is 0 Å². The highest BCUT2D eigenvalue weighted by Gasteiger charge is 2.39. The molecule has 2 aliphatic rings. The van der Waals surface area contributed by atoms with Crippen LogP contribution in [-0.2, 0) is 47.7 Å². The molecule has 4 rings (SSSR count). The van der Waals surface area contributed by atoms with E-state index in [9.17, 15) is 49.0 Å². The number of nitro groups is 2. The van der Waals surface area contributed by atoms with E-state index in [4.69, 9.17) is 9.47 Å². The topological polar surface area (TPSA) is 285 Å². The first-order valence-electron chi connectivity index (χ1n) is 15.4. The molecule has 53 heavy (non-hydrogen) atoms. The number of ether oxygens (including phenoxy) is 6. The fourth-order valence-electron chi connectivity index (χ4n) is 4.35. The zero-order valence-corrected chi connectivity index (χ0v) is 30.4. The summed E-state index contributed by atoms with van der Waals surface area (Å²) in [6.07, 6.45) is 0.204. The van der Waals surface area contributed by atoms with Crippen molar-refractivity contribution in [2.24, 2.45) is 11.8 Å². The molecule has 2 aromatic rings. The quantitative estimate of drug-likeness (QED) is 0.0984. The molecule has 2 saturated heterocycles. The van der Waals surface area contributed by atoms with E-state index in [-0.39, 0.29) is 67.7 Å². The van der Waals surface area contributed by atoms with Gasteiger partial charge in [-0.3, -0.25) is 24.1 Å². The van der Waals surface area contributed by atoms with E-state index in [1.807, 2.05) is 0 Å². The minimum absolute atomic E-state index is 0.0107. The van der Waals surface area contributed by atoms with Crippen LogP contribution in [0.5, 0.6) is 11.5 Å². The molecule has 0 aliphatic carbocycles. The largest absolute Gasteiger partial charge is 0.474 e. The molecule has 0 bridgehead atoms. The van der Waals surface area contributed by atoms with Crippen LogP contribution in [0.25, 0.3) is 0 Å². The summed E-state index contributed by atoms with van der Waals surface area (Å²) < 4.78 is 28.7. The van der Waals surface area contributed by atoms with E-state index < -0.39 is 64.4 Å². The SMILES string of the molecule is CCOC(=O)COc1ccc(Br)nc1[N+](=O)[O-].CCOC(=O)COc1ccc(N2CC(C(=O)OC)CC2=O)nc1[N+](=O)[O-].COC(=O)C1CNC(=O)C1. The third-order valence-electron chi connectivity index (χ3n) is 6.73. The van der Waals surface area contributed by atoms with Gasteiger partial charge in [0.2, 0.25) is 27.9 Å². The second-order valence-corrected chi connectivity index (χ2v) is 11.1. The van der Waals surface area contributed by atoms with Crippen molar-refractivity contribution >= 4 is 69.1 Å². The molecule has 2 aliphatic heterocycles. The number of nitrogens with one attached hydrogen (secondary N) is 1. The first kappa shape index (κ1) is 43.2. The molecule has 4 heterocycles. The van der Waals surface area contributed by atoms with Gasteiger partial charge in [0.05, 0.1) is 39.3 Å². The van der Waals surface area contributed by atoms with E-state index in [2.05, 4.69) is 50.2 Å². The lowest BCUT2D eigenvalue weighted by atomic mass is 10.1. The Labute approximate surface area is 308 Å². The molecule has 2 amide bonds. The van der Waals surface area contributed by atoms with Crippen molar-refractivity contribution in [2.45, 2.75) is 26.7 Å². The number of hydrogen-bond acceptors (Lipinski definition) is 18. The van der Waals surface area contributed by atoms with Gasteiger partial charge in [0, 0.05) is 54.0 Å². The maximum absolute atomic E-state index is 12.1. The molecular weight excluding hydrogens is 780 g/mol. The van der Waals surface area contributed by atoms with Crippen molar-refractivity contribution in [3.63, 3.8) is 0 Å². The van der Waals surface area contributed by atoms with Crippen LogP contribution in [0.2, 0.25) is 0 Å². The summed E-state index contributed by atoms with van der Waals surface area (Å²) >= 11 is 3.01. The van der Waals surface area contributed by atoms with Gasteiger partial charge in [-0.25, -0.2) is 9.59 Å². The smallest absolute Gasteiger partial charge is 0.408 e. The van der Waals surface area contributed by atoms with Gasteiger partial charge in [-0.2, -0.15) is 0 Å². The Balaban J connectivity index is 0.000000307. The zero-order valence-electron chi connectivity index (χ0n) is 28.8. The van der Waals surface area contributed by atoms with Crippen molar-refractivity contribution in [1.82, 2.24) is 15.3 Å². The fourth-order valence-corrected chi connectivity index (χ4v) is 4.65. The molecule has 288 valence electrons. The van der Waals surface area contributed by atoms with Crippen LogP contribution in [0.15, 0.2) is 28.9 Å². The predicted molar refractivity (Wildman–Crippen MR) is 179 cm³/mol. The molecule has 0 spiro atoms. The highest BCUT2D eigenvalue weighted by atomic mass is 79.9.